The molecule has 0 spiro atoms. The molecule has 2 aromatic carbocycles. The Balaban J connectivity index is 2.12. The summed E-state index contributed by atoms with van der Waals surface area (Å²) in [7, 11) is 1.54. The van der Waals surface area contributed by atoms with Crippen LogP contribution in [0, 0.1) is 5.82 Å². The van der Waals surface area contributed by atoms with E-state index in [9.17, 15) is 9.50 Å². The lowest BCUT2D eigenvalue weighted by Gasteiger charge is -2.15. The van der Waals surface area contributed by atoms with Gasteiger partial charge in [0.1, 0.15) is 12.4 Å². The first-order valence-corrected chi connectivity index (χ1v) is 7.38. The van der Waals surface area contributed by atoms with E-state index in [4.69, 9.17) is 9.47 Å². The molecule has 0 amide bonds. The number of rotatable bonds is 7. The second-order valence-corrected chi connectivity index (χ2v) is 5.09. The SMILES string of the molecule is CCCC(O)c1ccc(OCc2ccccc2F)c(OC)c1. The zero-order valence-electron chi connectivity index (χ0n) is 12.9. The van der Waals surface area contributed by atoms with Gasteiger partial charge in [-0.25, -0.2) is 4.39 Å². The van der Waals surface area contributed by atoms with Gasteiger partial charge in [0.05, 0.1) is 13.2 Å². The van der Waals surface area contributed by atoms with E-state index in [1.807, 2.05) is 6.92 Å². The van der Waals surface area contributed by atoms with Gasteiger partial charge in [0.2, 0.25) is 0 Å². The maximum absolute atomic E-state index is 13.6. The number of ether oxygens (including phenoxy) is 2. The van der Waals surface area contributed by atoms with Gasteiger partial charge in [-0.1, -0.05) is 37.6 Å². The molecule has 0 aromatic heterocycles. The lowest BCUT2D eigenvalue weighted by atomic mass is 10.0. The molecule has 0 radical (unpaired) electrons. The summed E-state index contributed by atoms with van der Waals surface area (Å²) >= 11 is 0. The van der Waals surface area contributed by atoms with Crippen LogP contribution >= 0.6 is 0 Å². The fourth-order valence-electron chi connectivity index (χ4n) is 2.22. The van der Waals surface area contributed by atoms with E-state index < -0.39 is 6.10 Å². The van der Waals surface area contributed by atoms with Crippen molar-refractivity contribution in [3.8, 4) is 11.5 Å². The Kier molecular flexibility index (Phi) is 5.78. The zero-order chi connectivity index (χ0) is 15.9. The number of benzene rings is 2. The highest BCUT2D eigenvalue weighted by Gasteiger charge is 2.12. The van der Waals surface area contributed by atoms with Crippen molar-refractivity contribution in [1.29, 1.82) is 0 Å². The molecule has 0 bridgehead atoms. The summed E-state index contributed by atoms with van der Waals surface area (Å²) in [5, 5.41) is 10.0. The predicted molar refractivity (Wildman–Crippen MR) is 83.6 cm³/mol. The molecule has 2 aromatic rings. The molecule has 22 heavy (non-hydrogen) atoms. The summed E-state index contributed by atoms with van der Waals surface area (Å²) in [4.78, 5) is 0. The highest BCUT2D eigenvalue weighted by molar-refractivity contribution is 5.43. The highest BCUT2D eigenvalue weighted by Crippen LogP contribution is 2.32. The fourth-order valence-corrected chi connectivity index (χ4v) is 2.22. The first kappa shape index (κ1) is 16.3. The third-order valence-electron chi connectivity index (χ3n) is 3.48. The van der Waals surface area contributed by atoms with E-state index in [1.165, 1.54) is 6.07 Å². The third-order valence-corrected chi connectivity index (χ3v) is 3.48. The molecule has 1 unspecified atom stereocenters. The monoisotopic (exact) mass is 304 g/mol. The summed E-state index contributed by atoms with van der Waals surface area (Å²) in [6.07, 6.45) is 1.08. The maximum atomic E-state index is 13.6. The highest BCUT2D eigenvalue weighted by atomic mass is 19.1. The van der Waals surface area contributed by atoms with E-state index in [2.05, 4.69) is 0 Å². The first-order chi connectivity index (χ1) is 10.7. The van der Waals surface area contributed by atoms with Gasteiger partial charge in [0, 0.05) is 5.56 Å². The molecular formula is C18H21FO3. The van der Waals surface area contributed by atoms with E-state index in [0.717, 1.165) is 12.0 Å². The summed E-state index contributed by atoms with van der Waals surface area (Å²) < 4.78 is 24.5. The van der Waals surface area contributed by atoms with Gasteiger partial charge in [0.25, 0.3) is 0 Å². The largest absolute Gasteiger partial charge is 0.493 e. The number of halogens is 1. The molecule has 118 valence electrons. The van der Waals surface area contributed by atoms with Crippen LogP contribution in [0.1, 0.15) is 37.0 Å². The number of aliphatic hydroxyl groups excluding tert-OH is 1. The van der Waals surface area contributed by atoms with E-state index in [-0.39, 0.29) is 12.4 Å². The second-order valence-electron chi connectivity index (χ2n) is 5.09. The van der Waals surface area contributed by atoms with Crippen LogP contribution in [-0.2, 0) is 6.61 Å². The Labute approximate surface area is 130 Å². The minimum Gasteiger partial charge on any atom is -0.493 e. The predicted octanol–water partition coefficient (Wildman–Crippen LogP) is 4.25. The molecular weight excluding hydrogens is 283 g/mol. The molecule has 0 heterocycles. The van der Waals surface area contributed by atoms with Crippen LogP contribution in [0.3, 0.4) is 0 Å². The molecule has 0 aliphatic heterocycles. The Morgan fingerprint density at radius 3 is 2.59 bits per heavy atom. The molecule has 0 aliphatic carbocycles. The number of aliphatic hydroxyl groups is 1. The number of methoxy groups -OCH3 is 1. The van der Waals surface area contributed by atoms with Crippen molar-refractivity contribution in [2.24, 2.45) is 0 Å². The minimum atomic E-state index is -0.514. The Hall–Kier alpha value is -2.07. The molecule has 0 saturated heterocycles. The third kappa shape index (κ3) is 3.98. The van der Waals surface area contributed by atoms with Crippen LogP contribution in [0.4, 0.5) is 4.39 Å². The van der Waals surface area contributed by atoms with E-state index >= 15 is 0 Å². The molecule has 0 fully saturated rings. The fraction of sp³-hybridized carbons (Fsp3) is 0.333. The molecule has 3 nitrogen and oxygen atoms in total. The number of hydrogen-bond donors (Lipinski definition) is 1. The smallest absolute Gasteiger partial charge is 0.161 e. The minimum absolute atomic E-state index is 0.125. The van der Waals surface area contributed by atoms with Gasteiger partial charge in [-0.05, 0) is 30.2 Å². The first-order valence-electron chi connectivity index (χ1n) is 7.38. The summed E-state index contributed by atoms with van der Waals surface area (Å²) in [6, 6.07) is 11.8. The Bertz CT molecular complexity index is 613. The average Bonchev–Trinajstić information content (AvgIpc) is 2.54. The van der Waals surface area contributed by atoms with Crippen molar-refractivity contribution >= 4 is 0 Å². The van der Waals surface area contributed by atoms with Crippen molar-refractivity contribution in [3.63, 3.8) is 0 Å². The molecule has 1 atom stereocenters. The number of hydrogen-bond acceptors (Lipinski definition) is 3. The van der Waals surface area contributed by atoms with Gasteiger partial charge in [-0.3, -0.25) is 0 Å². The van der Waals surface area contributed by atoms with Gasteiger partial charge in [0.15, 0.2) is 11.5 Å². The van der Waals surface area contributed by atoms with Gasteiger partial charge < -0.3 is 14.6 Å². The quantitative estimate of drug-likeness (QED) is 0.831. The maximum Gasteiger partial charge on any atom is 0.161 e. The van der Waals surface area contributed by atoms with Crippen LogP contribution < -0.4 is 9.47 Å². The van der Waals surface area contributed by atoms with Crippen molar-refractivity contribution in [1.82, 2.24) is 0 Å². The normalized spacial score (nSPS) is 12.0. The molecule has 0 aliphatic rings. The van der Waals surface area contributed by atoms with Crippen LogP contribution in [0.25, 0.3) is 0 Å². The molecule has 2 rings (SSSR count). The van der Waals surface area contributed by atoms with Crippen molar-refractivity contribution in [3.05, 3.63) is 59.4 Å². The van der Waals surface area contributed by atoms with Crippen LogP contribution in [-0.4, -0.2) is 12.2 Å². The molecule has 0 saturated carbocycles. The van der Waals surface area contributed by atoms with Gasteiger partial charge >= 0.3 is 0 Å². The van der Waals surface area contributed by atoms with Crippen LogP contribution in [0.15, 0.2) is 42.5 Å². The van der Waals surface area contributed by atoms with Gasteiger partial charge in [-0.2, -0.15) is 0 Å². The van der Waals surface area contributed by atoms with Crippen LogP contribution in [0.2, 0.25) is 0 Å². The van der Waals surface area contributed by atoms with Gasteiger partial charge in [-0.15, -0.1) is 0 Å². The van der Waals surface area contributed by atoms with Crippen LogP contribution in [0.5, 0.6) is 11.5 Å². The molecule has 4 heteroatoms. The summed E-state index contributed by atoms with van der Waals surface area (Å²) in [5.41, 5.74) is 1.27. The topological polar surface area (TPSA) is 38.7 Å². The van der Waals surface area contributed by atoms with Crippen molar-refractivity contribution in [2.45, 2.75) is 32.5 Å². The lowest BCUT2D eigenvalue weighted by Crippen LogP contribution is -2.02. The second kappa shape index (κ2) is 7.80. The van der Waals surface area contributed by atoms with E-state index in [1.54, 1.807) is 43.5 Å². The standard InChI is InChI=1S/C18H21FO3/c1-3-6-16(20)13-9-10-17(18(11-13)21-2)22-12-14-7-4-5-8-15(14)19/h4-5,7-11,16,20H,3,6,12H2,1-2H3. The Morgan fingerprint density at radius 1 is 1.14 bits per heavy atom. The lowest BCUT2D eigenvalue weighted by molar-refractivity contribution is 0.166. The summed E-state index contributed by atoms with van der Waals surface area (Å²) in [6.45, 7) is 2.15. The Morgan fingerprint density at radius 2 is 1.91 bits per heavy atom. The van der Waals surface area contributed by atoms with E-state index in [0.29, 0.717) is 23.5 Å². The molecule has 1 N–H and O–H groups in total. The average molecular weight is 304 g/mol. The van der Waals surface area contributed by atoms with Crippen molar-refractivity contribution < 1.29 is 19.0 Å². The summed E-state index contributed by atoms with van der Waals surface area (Å²) in [5.74, 6) is 0.763. The zero-order valence-corrected chi connectivity index (χ0v) is 12.9. The van der Waals surface area contributed by atoms with Crippen molar-refractivity contribution in [2.75, 3.05) is 7.11 Å².